The lowest BCUT2D eigenvalue weighted by Crippen LogP contribution is -2.25. The van der Waals surface area contributed by atoms with Gasteiger partial charge in [-0.2, -0.15) is 0 Å². The summed E-state index contributed by atoms with van der Waals surface area (Å²) in [5.41, 5.74) is 4.09. The largest absolute Gasteiger partial charge is 0.350 e. The van der Waals surface area contributed by atoms with Crippen LogP contribution in [0, 0.1) is 0 Å². The van der Waals surface area contributed by atoms with Gasteiger partial charge in [-0.1, -0.05) is 81.1 Å². The molecule has 0 radical (unpaired) electrons. The molecule has 2 aromatic heterocycles. The topological polar surface area (TPSA) is 72.7 Å². The van der Waals surface area contributed by atoms with Crippen LogP contribution in [0.4, 0.5) is 0 Å². The quantitative estimate of drug-likeness (QED) is 0.394. The van der Waals surface area contributed by atoms with E-state index in [0.717, 1.165) is 22.8 Å². The van der Waals surface area contributed by atoms with Crippen molar-refractivity contribution in [2.75, 3.05) is 5.75 Å². The van der Waals surface area contributed by atoms with Gasteiger partial charge in [-0.25, -0.2) is 0 Å². The number of thioether (sulfide) groups is 1. The third kappa shape index (κ3) is 5.68. The molecular formula is C26H27N5OS. The van der Waals surface area contributed by atoms with Crippen LogP contribution >= 0.6 is 11.8 Å². The second-order valence-corrected chi connectivity index (χ2v) is 9.63. The maximum atomic E-state index is 12.4. The summed E-state index contributed by atoms with van der Waals surface area (Å²) in [4.78, 5) is 16.7. The van der Waals surface area contributed by atoms with Gasteiger partial charge in [0.05, 0.1) is 18.0 Å². The first-order chi connectivity index (χ1) is 15.9. The minimum absolute atomic E-state index is 0.0786. The van der Waals surface area contributed by atoms with E-state index < -0.39 is 0 Å². The molecule has 168 valence electrons. The normalized spacial score (nSPS) is 11.4. The van der Waals surface area contributed by atoms with Crippen LogP contribution < -0.4 is 5.32 Å². The smallest absolute Gasteiger partial charge is 0.230 e. The molecule has 0 aliphatic carbocycles. The Morgan fingerprint density at radius 2 is 1.67 bits per heavy atom. The zero-order chi connectivity index (χ0) is 23.3. The summed E-state index contributed by atoms with van der Waals surface area (Å²) in [6.07, 6.45) is 1.72. The fraction of sp³-hybridized carbons (Fsp3) is 0.231. The molecule has 0 unspecified atom stereocenters. The van der Waals surface area contributed by atoms with Crippen molar-refractivity contribution in [1.29, 1.82) is 0 Å². The Kier molecular flexibility index (Phi) is 6.89. The molecule has 0 bridgehead atoms. The summed E-state index contributed by atoms with van der Waals surface area (Å²) in [5.74, 6) is 0.906. The highest BCUT2D eigenvalue weighted by molar-refractivity contribution is 7.99. The van der Waals surface area contributed by atoms with Crippen molar-refractivity contribution in [2.45, 2.75) is 37.9 Å². The van der Waals surface area contributed by atoms with Crippen molar-refractivity contribution in [2.24, 2.45) is 0 Å². The molecule has 33 heavy (non-hydrogen) atoms. The van der Waals surface area contributed by atoms with Gasteiger partial charge in [0.1, 0.15) is 0 Å². The van der Waals surface area contributed by atoms with Gasteiger partial charge in [0, 0.05) is 17.4 Å². The molecule has 1 amide bonds. The molecule has 0 atom stereocenters. The molecule has 4 aromatic rings. The molecule has 7 heteroatoms. The Bertz CT molecular complexity index is 1200. The molecule has 2 heterocycles. The molecule has 0 spiro atoms. The third-order valence-electron chi connectivity index (χ3n) is 5.18. The van der Waals surface area contributed by atoms with E-state index in [9.17, 15) is 4.79 Å². The second-order valence-electron chi connectivity index (χ2n) is 8.69. The number of hydrogen-bond acceptors (Lipinski definition) is 5. The van der Waals surface area contributed by atoms with Crippen molar-refractivity contribution < 1.29 is 4.79 Å². The van der Waals surface area contributed by atoms with E-state index in [4.69, 9.17) is 0 Å². The van der Waals surface area contributed by atoms with Gasteiger partial charge < -0.3 is 5.32 Å². The Hall–Kier alpha value is -3.45. The lowest BCUT2D eigenvalue weighted by molar-refractivity contribution is -0.118. The summed E-state index contributed by atoms with van der Waals surface area (Å²) in [7, 11) is 0. The zero-order valence-electron chi connectivity index (χ0n) is 19.0. The summed E-state index contributed by atoms with van der Waals surface area (Å²) >= 11 is 1.36. The molecule has 0 fully saturated rings. The summed E-state index contributed by atoms with van der Waals surface area (Å²) in [5, 5.41) is 12.5. The van der Waals surface area contributed by atoms with Crippen LogP contribution in [0.5, 0.6) is 0 Å². The maximum absolute atomic E-state index is 12.4. The van der Waals surface area contributed by atoms with Crippen molar-refractivity contribution >= 4 is 17.7 Å². The Balaban J connectivity index is 1.55. The van der Waals surface area contributed by atoms with Crippen LogP contribution in [0.25, 0.3) is 17.1 Å². The van der Waals surface area contributed by atoms with Crippen LogP contribution in [0.3, 0.4) is 0 Å². The molecule has 0 saturated heterocycles. The number of carbonyl (C=O) groups excluding carboxylic acids is 1. The van der Waals surface area contributed by atoms with Crippen LogP contribution in [0.15, 0.2) is 84.1 Å². The number of pyridine rings is 1. The highest BCUT2D eigenvalue weighted by atomic mass is 32.2. The molecule has 0 saturated carbocycles. The van der Waals surface area contributed by atoms with Crippen LogP contribution in [0.2, 0.25) is 0 Å². The Morgan fingerprint density at radius 3 is 2.33 bits per heavy atom. The summed E-state index contributed by atoms with van der Waals surface area (Å²) < 4.78 is 2.00. The number of aromatic nitrogens is 4. The fourth-order valence-electron chi connectivity index (χ4n) is 3.35. The minimum Gasteiger partial charge on any atom is -0.350 e. The zero-order valence-corrected chi connectivity index (χ0v) is 19.8. The van der Waals surface area contributed by atoms with E-state index in [1.165, 1.54) is 17.3 Å². The first kappa shape index (κ1) is 22.7. The monoisotopic (exact) mass is 457 g/mol. The Labute approximate surface area is 198 Å². The average molecular weight is 458 g/mol. The van der Waals surface area contributed by atoms with Crippen LogP contribution in [-0.4, -0.2) is 31.4 Å². The van der Waals surface area contributed by atoms with Gasteiger partial charge in [0.25, 0.3) is 0 Å². The number of hydrogen-bond donors (Lipinski definition) is 1. The van der Waals surface area contributed by atoms with Crippen molar-refractivity contribution in [3.05, 3.63) is 90.3 Å². The molecular weight excluding hydrogens is 430 g/mol. The van der Waals surface area contributed by atoms with Gasteiger partial charge >= 0.3 is 0 Å². The molecule has 4 rings (SSSR count). The van der Waals surface area contributed by atoms with E-state index in [0.29, 0.717) is 11.7 Å². The summed E-state index contributed by atoms with van der Waals surface area (Å²) in [6.45, 7) is 6.99. The lowest BCUT2D eigenvalue weighted by Gasteiger charge is -2.19. The number of carbonyl (C=O) groups is 1. The van der Waals surface area contributed by atoms with Gasteiger partial charge in [-0.05, 0) is 35.2 Å². The number of para-hydroxylation sites is 1. The molecule has 6 nitrogen and oxygen atoms in total. The standard InChI is InChI=1S/C26H27N5OS/c1-26(2,3)20-14-12-19(13-15-20)24-29-30-25(31(24)22-10-5-4-6-11-22)33-18-23(32)28-17-21-9-7-8-16-27-21/h4-16H,17-18H2,1-3H3,(H,28,32). The van der Waals surface area contributed by atoms with Gasteiger partial charge in [0.15, 0.2) is 11.0 Å². The summed E-state index contributed by atoms with van der Waals surface area (Å²) in [6, 6.07) is 24.0. The van der Waals surface area contributed by atoms with E-state index >= 15 is 0 Å². The molecule has 0 aliphatic heterocycles. The number of nitrogens with one attached hydrogen (secondary N) is 1. The van der Waals surface area contributed by atoms with Gasteiger partial charge in [-0.15, -0.1) is 10.2 Å². The highest BCUT2D eigenvalue weighted by Gasteiger charge is 2.19. The van der Waals surface area contributed by atoms with E-state index in [1.807, 2.05) is 53.1 Å². The highest BCUT2D eigenvalue weighted by Crippen LogP contribution is 2.30. The van der Waals surface area contributed by atoms with E-state index in [2.05, 4.69) is 65.5 Å². The predicted molar refractivity (Wildman–Crippen MR) is 132 cm³/mol. The first-order valence-electron chi connectivity index (χ1n) is 10.8. The predicted octanol–water partition coefficient (Wildman–Crippen LogP) is 5.04. The third-order valence-corrected chi connectivity index (χ3v) is 6.11. The van der Waals surface area contributed by atoms with Crippen LogP contribution in [-0.2, 0) is 16.8 Å². The average Bonchev–Trinajstić information content (AvgIpc) is 3.26. The first-order valence-corrected chi connectivity index (χ1v) is 11.8. The number of amides is 1. The number of nitrogens with zero attached hydrogens (tertiary/aromatic N) is 4. The van der Waals surface area contributed by atoms with Gasteiger partial charge in [-0.3, -0.25) is 14.3 Å². The number of rotatable bonds is 7. The SMILES string of the molecule is CC(C)(C)c1ccc(-c2nnc(SCC(=O)NCc3ccccn3)n2-c2ccccc2)cc1. The van der Waals surface area contributed by atoms with Crippen molar-refractivity contribution in [3.63, 3.8) is 0 Å². The second kappa shape index (κ2) is 10.0. The van der Waals surface area contributed by atoms with Crippen molar-refractivity contribution in [1.82, 2.24) is 25.1 Å². The molecule has 2 aromatic carbocycles. The van der Waals surface area contributed by atoms with Crippen molar-refractivity contribution in [3.8, 4) is 17.1 Å². The lowest BCUT2D eigenvalue weighted by atomic mass is 9.87. The molecule has 0 aliphatic rings. The molecule has 1 N–H and O–H groups in total. The fourth-order valence-corrected chi connectivity index (χ4v) is 4.13. The van der Waals surface area contributed by atoms with Crippen LogP contribution in [0.1, 0.15) is 32.0 Å². The maximum Gasteiger partial charge on any atom is 0.230 e. The Morgan fingerprint density at radius 1 is 0.939 bits per heavy atom. The van der Waals surface area contributed by atoms with E-state index in [-0.39, 0.29) is 17.1 Å². The van der Waals surface area contributed by atoms with E-state index in [1.54, 1.807) is 6.20 Å². The van der Waals surface area contributed by atoms with Gasteiger partial charge in [0.2, 0.25) is 5.91 Å². The number of benzene rings is 2. The minimum atomic E-state index is -0.0793.